The summed E-state index contributed by atoms with van der Waals surface area (Å²) in [4.78, 5) is 19.9. The minimum absolute atomic E-state index is 0.00480. The molecule has 1 fully saturated rings. The average molecular weight is 503 g/mol. The molecular formula is C26H31FN2O3S2. The number of aromatic nitrogens is 1. The van der Waals surface area contributed by atoms with Crippen molar-refractivity contribution in [1.82, 2.24) is 9.88 Å². The van der Waals surface area contributed by atoms with Gasteiger partial charge in [-0.3, -0.25) is 9.78 Å². The molecule has 0 saturated carbocycles. The summed E-state index contributed by atoms with van der Waals surface area (Å²) in [6, 6.07) is 9.32. The second-order valence-corrected chi connectivity index (χ2v) is 10.7. The van der Waals surface area contributed by atoms with Crippen molar-refractivity contribution in [2.45, 2.75) is 36.8 Å². The average Bonchev–Trinajstić information content (AvgIpc) is 3.38. The van der Waals surface area contributed by atoms with Crippen LogP contribution in [0.5, 0.6) is 5.75 Å². The van der Waals surface area contributed by atoms with Crippen LogP contribution in [-0.2, 0) is 4.79 Å². The fraction of sp³-hybridized carbons (Fsp3) is 0.462. The van der Waals surface area contributed by atoms with Gasteiger partial charge in [0, 0.05) is 28.4 Å². The fourth-order valence-corrected chi connectivity index (χ4v) is 6.49. The standard InChI is InChI=1S/C26H31FN2O3S2/c1-32-19-4-6-25-22(15-19)21(7-10-28-25)24(27)5-3-18-8-12-29(16-23(18)26(30)31)11-2-13-34-20-9-14-33-17-20/h4,6-7,9-10,14-15,17-18,23-24H,2-3,5,8,11-13,16H2,1H3,(H,30,31)/t18-,23+,24+/m1/s1. The van der Waals surface area contributed by atoms with Gasteiger partial charge in [-0.2, -0.15) is 11.3 Å². The zero-order valence-corrected chi connectivity index (χ0v) is 21.0. The molecule has 4 rings (SSSR count). The summed E-state index contributed by atoms with van der Waals surface area (Å²) in [6.45, 7) is 2.34. The molecule has 1 aromatic carbocycles. The molecule has 8 heteroatoms. The van der Waals surface area contributed by atoms with Crippen LogP contribution in [0, 0.1) is 11.8 Å². The van der Waals surface area contributed by atoms with Gasteiger partial charge in [-0.15, -0.1) is 11.8 Å². The molecule has 1 saturated heterocycles. The van der Waals surface area contributed by atoms with E-state index in [1.54, 1.807) is 30.7 Å². The molecule has 3 atom stereocenters. The predicted octanol–water partition coefficient (Wildman–Crippen LogP) is 6.30. The van der Waals surface area contributed by atoms with Gasteiger partial charge in [0.25, 0.3) is 0 Å². The number of carboxylic acid groups (broad SMARTS) is 1. The van der Waals surface area contributed by atoms with E-state index >= 15 is 4.39 Å². The summed E-state index contributed by atoms with van der Waals surface area (Å²) in [5.41, 5.74) is 1.33. The Morgan fingerprint density at radius 3 is 3.03 bits per heavy atom. The van der Waals surface area contributed by atoms with E-state index in [0.29, 0.717) is 30.7 Å². The predicted molar refractivity (Wildman–Crippen MR) is 137 cm³/mol. The number of halogens is 1. The highest BCUT2D eigenvalue weighted by Crippen LogP contribution is 2.35. The molecule has 3 heterocycles. The Balaban J connectivity index is 1.31. The largest absolute Gasteiger partial charge is 0.497 e. The molecule has 0 amide bonds. The van der Waals surface area contributed by atoms with Crippen molar-refractivity contribution in [2.24, 2.45) is 11.8 Å². The van der Waals surface area contributed by atoms with Crippen molar-refractivity contribution in [3.8, 4) is 5.75 Å². The smallest absolute Gasteiger partial charge is 0.308 e. The molecule has 0 bridgehead atoms. The summed E-state index contributed by atoms with van der Waals surface area (Å²) in [6.07, 6.45) is 3.16. The van der Waals surface area contributed by atoms with Crippen LogP contribution in [0.2, 0.25) is 0 Å². The van der Waals surface area contributed by atoms with Gasteiger partial charge in [0.15, 0.2) is 0 Å². The van der Waals surface area contributed by atoms with Gasteiger partial charge in [0.1, 0.15) is 11.9 Å². The van der Waals surface area contributed by atoms with Gasteiger partial charge < -0.3 is 14.7 Å². The number of nitrogens with zero attached hydrogens (tertiary/aromatic N) is 2. The third kappa shape index (κ3) is 6.29. The molecule has 2 aromatic heterocycles. The fourth-order valence-electron chi connectivity index (χ4n) is 4.77. The minimum atomic E-state index is -1.17. The lowest BCUT2D eigenvalue weighted by Crippen LogP contribution is -2.44. The van der Waals surface area contributed by atoms with Gasteiger partial charge in [0.05, 0.1) is 18.5 Å². The van der Waals surface area contributed by atoms with Gasteiger partial charge in [-0.1, -0.05) is 0 Å². The van der Waals surface area contributed by atoms with Crippen LogP contribution < -0.4 is 4.74 Å². The van der Waals surface area contributed by atoms with E-state index in [1.807, 2.05) is 30.0 Å². The summed E-state index contributed by atoms with van der Waals surface area (Å²) in [7, 11) is 1.59. The number of aliphatic carboxylic acids is 1. The molecule has 0 unspecified atom stereocenters. The Labute approximate surface area is 208 Å². The van der Waals surface area contributed by atoms with Crippen LogP contribution in [0.25, 0.3) is 10.9 Å². The van der Waals surface area contributed by atoms with E-state index in [1.165, 1.54) is 4.90 Å². The number of methoxy groups -OCH3 is 1. The number of thioether (sulfide) groups is 1. The first-order chi connectivity index (χ1) is 16.5. The molecule has 182 valence electrons. The Bertz CT molecular complexity index is 1080. The number of hydrogen-bond acceptors (Lipinski definition) is 6. The highest BCUT2D eigenvalue weighted by Gasteiger charge is 2.34. The topological polar surface area (TPSA) is 62.7 Å². The van der Waals surface area contributed by atoms with E-state index in [-0.39, 0.29) is 5.92 Å². The number of fused-ring (bicyclic) bond motifs is 1. The van der Waals surface area contributed by atoms with E-state index < -0.39 is 18.1 Å². The molecule has 1 aliphatic rings. The third-order valence-corrected chi connectivity index (χ3v) is 8.56. The summed E-state index contributed by atoms with van der Waals surface area (Å²) < 4.78 is 20.7. The number of piperidine rings is 1. The van der Waals surface area contributed by atoms with E-state index in [2.05, 4.69) is 26.7 Å². The molecule has 34 heavy (non-hydrogen) atoms. The van der Waals surface area contributed by atoms with Crippen LogP contribution in [0.1, 0.15) is 37.4 Å². The summed E-state index contributed by atoms with van der Waals surface area (Å²) >= 11 is 3.55. The quantitative estimate of drug-likeness (QED) is 0.245. The maximum absolute atomic E-state index is 15.4. The highest BCUT2D eigenvalue weighted by molar-refractivity contribution is 7.99. The van der Waals surface area contributed by atoms with Gasteiger partial charge >= 0.3 is 5.97 Å². The minimum Gasteiger partial charge on any atom is -0.497 e. The van der Waals surface area contributed by atoms with Crippen molar-refractivity contribution in [2.75, 3.05) is 32.5 Å². The first-order valence-corrected chi connectivity index (χ1v) is 13.6. The van der Waals surface area contributed by atoms with Crippen molar-refractivity contribution < 1.29 is 19.0 Å². The number of alkyl halides is 1. The number of carboxylic acids is 1. The lowest BCUT2D eigenvalue weighted by Gasteiger charge is -2.36. The summed E-state index contributed by atoms with van der Waals surface area (Å²) in [5.74, 6) is 0.482. The SMILES string of the molecule is COc1ccc2nccc([C@@H](F)CC[C@@H]3CCN(CCCSc4ccsc4)C[C@@H]3C(=O)O)c2c1. The molecule has 3 aromatic rings. The third-order valence-electron chi connectivity index (χ3n) is 6.65. The van der Waals surface area contributed by atoms with E-state index in [9.17, 15) is 9.90 Å². The number of hydrogen-bond donors (Lipinski definition) is 1. The highest BCUT2D eigenvalue weighted by atomic mass is 32.2. The van der Waals surface area contributed by atoms with Gasteiger partial charge in [-0.25, -0.2) is 4.39 Å². The maximum atomic E-state index is 15.4. The Morgan fingerprint density at radius 2 is 2.26 bits per heavy atom. The van der Waals surface area contributed by atoms with Crippen LogP contribution in [-0.4, -0.2) is 53.5 Å². The van der Waals surface area contributed by atoms with Gasteiger partial charge in [0.2, 0.25) is 0 Å². The normalized spacial score (nSPS) is 19.8. The molecule has 1 aliphatic heterocycles. The van der Waals surface area contributed by atoms with Crippen molar-refractivity contribution in [1.29, 1.82) is 0 Å². The zero-order valence-electron chi connectivity index (χ0n) is 19.4. The number of thiophene rings is 1. The maximum Gasteiger partial charge on any atom is 0.308 e. The monoisotopic (exact) mass is 502 g/mol. The Morgan fingerprint density at radius 1 is 1.38 bits per heavy atom. The zero-order chi connectivity index (χ0) is 23.9. The molecule has 1 N–H and O–H groups in total. The number of benzene rings is 1. The van der Waals surface area contributed by atoms with Crippen molar-refractivity contribution in [3.05, 3.63) is 52.9 Å². The molecule has 5 nitrogen and oxygen atoms in total. The molecular weight excluding hydrogens is 471 g/mol. The van der Waals surface area contributed by atoms with Crippen LogP contribution in [0.15, 0.2) is 52.2 Å². The van der Waals surface area contributed by atoms with Crippen molar-refractivity contribution >= 4 is 40.0 Å². The molecule has 0 spiro atoms. The van der Waals surface area contributed by atoms with Crippen LogP contribution in [0.3, 0.4) is 0 Å². The number of carbonyl (C=O) groups is 1. The van der Waals surface area contributed by atoms with Crippen LogP contribution in [0.4, 0.5) is 4.39 Å². The molecule has 0 radical (unpaired) electrons. The molecule has 0 aliphatic carbocycles. The lowest BCUT2D eigenvalue weighted by molar-refractivity contribution is -0.146. The Kier molecular flexibility index (Phi) is 8.80. The number of likely N-dealkylation sites (tertiary alicyclic amines) is 1. The van der Waals surface area contributed by atoms with E-state index in [4.69, 9.17) is 4.74 Å². The number of rotatable bonds is 11. The summed E-state index contributed by atoms with van der Waals surface area (Å²) in [5, 5.41) is 14.8. The lowest BCUT2D eigenvalue weighted by atomic mass is 9.81. The van der Waals surface area contributed by atoms with Crippen LogP contribution >= 0.6 is 23.1 Å². The van der Waals surface area contributed by atoms with E-state index in [0.717, 1.165) is 42.6 Å². The van der Waals surface area contributed by atoms with Crippen molar-refractivity contribution in [3.63, 3.8) is 0 Å². The number of ether oxygens (including phenoxy) is 1. The number of pyridine rings is 1. The Hall–Kier alpha value is -2.16. The second-order valence-electron chi connectivity index (χ2n) is 8.78. The first-order valence-electron chi connectivity index (χ1n) is 11.7. The first kappa shape index (κ1) is 24.9. The second kappa shape index (κ2) is 12.0. The van der Waals surface area contributed by atoms with Gasteiger partial charge in [-0.05, 0) is 91.7 Å².